The van der Waals surface area contributed by atoms with E-state index in [1.807, 2.05) is 6.92 Å². The zero-order chi connectivity index (χ0) is 16.3. The van der Waals surface area contributed by atoms with Crippen LogP contribution in [0.4, 0.5) is 0 Å². The van der Waals surface area contributed by atoms with Gasteiger partial charge in [-0.15, -0.1) is 0 Å². The normalized spacial score (nSPS) is 12.8. The molecule has 0 spiro atoms. The van der Waals surface area contributed by atoms with E-state index in [1.165, 1.54) is 0 Å². The van der Waals surface area contributed by atoms with Crippen molar-refractivity contribution in [3.8, 4) is 0 Å². The molecule has 1 atom stereocenters. The molecule has 21 heavy (non-hydrogen) atoms. The third-order valence-electron chi connectivity index (χ3n) is 3.03. The maximum Gasteiger partial charge on any atom is 0.306 e. The van der Waals surface area contributed by atoms with Crippen LogP contribution in [-0.2, 0) is 19.1 Å². The minimum absolute atomic E-state index is 0.0995. The highest BCUT2D eigenvalue weighted by molar-refractivity contribution is 5.77. The molecule has 0 amide bonds. The summed E-state index contributed by atoms with van der Waals surface area (Å²) in [5, 5.41) is 0. The zero-order valence-electron chi connectivity index (χ0n) is 14.4. The summed E-state index contributed by atoms with van der Waals surface area (Å²) in [6.45, 7) is 10.8. The lowest BCUT2D eigenvalue weighted by Gasteiger charge is -2.23. The van der Waals surface area contributed by atoms with Crippen molar-refractivity contribution >= 4 is 11.9 Å². The molecule has 0 aliphatic heterocycles. The standard InChI is InChI=1S/C17H32O4/c1-6-7-8-9-12-20-15(18)10-11-16(19)21-14(2)13-17(3,4)5/h14H,6-13H2,1-5H3. The van der Waals surface area contributed by atoms with Crippen LogP contribution in [0.25, 0.3) is 0 Å². The minimum atomic E-state index is -0.324. The lowest BCUT2D eigenvalue weighted by Crippen LogP contribution is -2.21. The van der Waals surface area contributed by atoms with Gasteiger partial charge >= 0.3 is 11.9 Å². The Kier molecular flexibility index (Phi) is 10.1. The fourth-order valence-corrected chi connectivity index (χ4v) is 2.18. The van der Waals surface area contributed by atoms with E-state index in [1.54, 1.807) is 0 Å². The number of esters is 2. The van der Waals surface area contributed by atoms with Gasteiger partial charge in [-0.1, -0.05) is 47.0 Å². The summed E-state index contributed by atoms with van der Waals surface area (Å²) in [4.78, 5) is 23.1. The molecule has 0 saturated carbocycles. The molecule has 0 radical (unpaired) electrons. The van der Waals surface area contributed by atoms with Gasteiger partial charge in [0.15, 0.2) is 0 Å². The molecule has 4 heteroatoms. The highest BCUT2D eigenvalue weighted by Crippen LogP contribution is 2.22. The summed E-state index contributed by atoms with van der Waals surface area (Å²) in [7, 11) is 0. The summed E-state index contributed by atoms with van der Waals surface area (Å²) in [5.41, 5.74) is 0.122. The van der Waals surface area contributed by atoms with E-state index in [2.05, 4.69) is 27.7 Å². The predicted octanol–water partition coefficient (Wildman–Crippen LogP) is 4.26. The Hall–Kier alpha value is -1.06. The van der Waals surface area contributed by atoms with Gasteiger partial charge in [0.2, 0.25) is 0 Å². The first kappa shape index (κ1) is 19.9. The summed E-state index contributed by atoms with van der Waals surface area (Å²) in [6, 6.07) is 0. The number of unbranched alkanes of at least 4 members (excludes halogenated alkanes) is 3. The van der Waals surface area contributed by atoms with E-state index >= 15 is 0 Å². The maximum atomic E-state index is 11.6. The van der Waals surface area contributed by atoms with Crippen LogP contribution in [0.15, 0.2) is 0 Å². The average molecular weight is 300 g/mol. The van der Waals surface area contributed by atoms with E-state index in [4.69, 9.17) is 9.47 Å². The predicted molar refractivity (Wildman–Crippen MR) is 84.0 cm³/mol. The van der Waals surface area contributed by atoms with Gasteiger partial charge in [-0.25, -0.2) is 0 Å². The van der Waals surface area contributed by atoms with E-state index in [0.717, 1.165) is 32.1 Å². The molecule has 0 N–H and O–H groups in total. The fourth-order valence-electron chi connectivity index (χ4n) is 2.18. The second-order valence-electron chi connectivity index (χ2n) is 6.85. The molecule has 0 rings (SSSR count). The van der Waals surface area contributed by atoms with Crippen molar-refractivity contribution in [2.24, 2.45) is 5.41 Å². The Balaban J connectivity index is 3.70. The van der Waals surface area contributed by atoms with Gasteiger partial charge in [0.25, 0.3) is 0 Å². The van der Waals surface area contributed by atoms with Crippen molar-refractivity contribution in [1.29, 1.82) is 0 Å². The van der Waals surface area contributed by atoms with Crippen LogP contribution < -0.4 is 0 Å². The molecule has 0 aromatic rings. The smallest absolute Gasteiger partial charge is 0.306 e. The van der Waals surface area contributed by atoms with Crippen molar-refractivity contribution in [1.82, 2.24) is 0 Å². The first-order chi connectivity index (χ1) is 9.74. The van der Waals surface area contributed by atoms with E-state index in [0.29, 0.717) is 6.61 Å². The molecule has 0 aliphatic carbocycles. The van der Waals surface area contributed by atoms with E-state index in [9.17, 15) is 9.59 Å². The molecule has 0 aromatic carbocycles. The van der Waals surface area contributed by atoms with Crippen molar-refractivity contribution in [3.63, 3.8) is 0 Å². The van der Waals surface area contributed by atoms with Gasteiger partial charge in [0, 0.05) is 0 Å². The first-order valence-electron chi connectivity index (χ1n) is 8.09. The molecule has 0 aromatic heterocycles. The molecule has 0 saturated heterocycles. The molecular weight excluding hydrogens is 268 g/mol. The van der Waals surface area contributed by atoms with Crippen LogP contribution in [0.1, 0.15) is 79.6 Å². The number of ether oxygens (including phenoxy) is 2. The highest BCUT2D eigenvalue weighted by Gasteiger charge is 2.18. The quantitative estimate of drug-likeness (QED) is 0.447. The average Bonchev–Trinajstić information content (AvgIpc) is 2.33. The Labute approximate surface area is 129 Å². The minimum Gasteiger partial charge on any atom is -0.466 e. The monoisotopic (exact) mass is 300 g/mol. The third kappa shape index (κ3) is 13.7. The number of hydrogen-bond acceptors (Lipinski definition) is 4. The Morgan fingerprint density at radius 2 is 1.62 bits per heavy atom. The van der Waals surface area contributed by atoms with Crippen LogP contribution in [0, 0.1) is 5.41 Å². The Morgan fingerprint density at radius 3 is 2.19 bits per heavy atom. The van der Waals surface area contributed by atoms with Gasteiger partial charge in [-0.05, 0) is 25.2 Å². The topological polar surface area (TPSA) is 52.6 Å². The highest BCUT2D eigenvalue weighted by atomic mass is 16.5. The number of carbonyl (C=O) groups excluding carboxylic acids is 2. The van der Waals surface area contributed by atoms with Crippen LogP contribution >= 0.6 is 0 Å². The van der Waals surface area contributed by atoms with Crippen LogP contribution in [0.2, 0.25) is 0 Å². The lowest BCUT2D eigenvalue weighted by molar-refractivity contribution is -0.154. The second kappa shape index (κ2) is 10.6. The van der Waals surface area contributed by atoms with E-state index in [-0.39, 0.29) is 36.3 Å². The first-order valence-corrected chi connectivity index (χ1v) is 8.09. The van der Waals surface area contributed by atoms with Gasteiger partial charge in [-0.2, -0.15) is 0 Å². The third-order valence-corrected chi connectivity index (χ3v) is 3.03. The molecule has 1 unspecified atom stereocenters. The molecular formula is C17H32O4. The Morgan fingerprint density at radius 1 is 1.00 bits per heavy atom. The van der Waals surface area contributed by atoms with Crippen LogP contribution in [-0.4, -0.2) is 24.6 Å². The molecule has 0 bridgehead atoms. The van der Waals surface area contributed by atoms with Gasteiger partial charge < -0.3 is 9.47 Å². The SMILES string of the molecule is CCCCCCOC(=O)CCC(=O)OC(C)CC(C)(C)C. The molecule has 0 fully saturated rings. The largest absolute Gasteiger partial charge is 0.466 e. The number of rotatable bonds is 10. The van der Waals surface area contributed by atoms with Crippen molar-refractivity contribution in [2.75, 3.05) is 6.61 Å². The Bertz CT molecular complexity index is 304. The summed E-state index contributed by atoms with van der Waals surface area (Å²) in [5.74, 6) is -0.637. The molecule has 124 valence electrons. The zero-order valence-corrected chi connectivity index (χ0v) is 14.4. The second-order valence-corrected chi connectivity index (χ2v) is 6.85. The number of carbonyl (C=O) groups is 2. The fraction of sp³-hybridized carbons (Fsp3) is 0.882. The van der Waals surface area contributed by atoms with Gasteiger partial charge in [-0.3, -0.25) is 9.59 Å². The van der Waals surface area contributed by atoms with Gasteiger partial charge in [0.1, 0.15) is 0 Å². The maximum absolute atomic E-state index is 11.6. The molecule has 0 aliphatic rings. The lowest BCUT2D eigenvalue weighted by atomic mass is 9.90. The van der Waals surface area contributed by atoms with Crippen molar-refractivity contribution in [2.45, 2.75) is 85.7 Å². The summed E-state index contributed by atoms with van der Waals surface area (Å²) in [6.07, 6.45) is 5.19. The molecule has 4 nitrogen and oxygen atoms in total. The van der Waals surface area contributed by atoms with Crippen molar-refractivity contribution in [3.05, 3.63) is 0 Å². The summed E-state index contributed by atoms with van der Waals surface area (Å²) >= 11 is 0. The van der Waals surface area contributed by atoms with Gasteiger partial charge in [0.05, 0.1) is 25.6 Å². The molecule has 0 heterocycles. The van der Waals surface area contributed by atoms with Crippen LogP contribution in [0.3, 0.4) is 0 Å². The van der Waals surface area contributed by atoms with E-state index < -0.39 is 0 Å². The van der Waals surface area contributed by atoms with Crippen molar-refractivity contribution < 1.29 is 19.1 Å². The summed E-state index contributed by atoms with van der Waals surface area (Å²) < 4.78 is 10.4. The van der Waals surface area contributed by atoms with Crippen LogP contribution in [0.5, 0.6) is 0 Å². The number of hydrogen-bond donors (Lipinski definition) is 0.